The lowest BCUT2D eigenvalue weighted by Gasteiger charge is -2.31. The molecule has 2 aliphatic rings. The Hall–Kier alpha value is -0.0800. The van der Waals surface area contributed by atoms with Gasteiger partial charge in [-0.3, -0.25) is 0 Å². The summed E-state index contributed by atoms with van der Waals surface area (Å²) in [6.45, 7) is 8.78. The van der Waals surface area contributed by atoms with E-state index in [1.54, 1.807) is 0 Å². The van der Waals surface area contributed by atoms with Crippen molar-refractivity contribution in [1.29, 1.82) is 0 Å². The molecule has 0 spiro atoms. The number of nitrogens with zero attached hydrogens (tertiary/aromatic N) is 1. The molecule has 0 saturated carbocycles. The molecule has 0 atom stereocenters. The Kier molecular flexibility index (Phi) is 5.79. The zero-order valence-corrected chi connectivity index (χ0v) is 11.6. The van der Waals surface area contributed by atoms with Crippen molar-refractivity contribution in [2.75, 3.05) is 32.7 Å². The molecule has 0 aliphatic carbocycles. The van der Waals surface area contributed by atoms with E-state index in [9.17, 15) is 0 Å². The summed E-state index contributed by atoms with van der Waals surface area (Å²) in [5, 5.41) is 3.46. The fraction of sp³-hybridized carbons (Fsp3) is 1.00. The largest absolute Gasteiger partial charge is 0.317 e. The van der Waals surface area contributed by atoms with Gasteiger partial charge in [-0.1, -0.05) is 26.2 Å². The summed E-state index contributed by atoms with van der Waals surface area (Å²) in [6, 6.07) is 0. The summed E-state index contributed by atoms with van der Waals surface area (Å²) in [5.41, 5.74) is 0. The van der Waals surface area contributed by atoms with Crippen molar-refractivity contribution in [3.63, 3.8) is 0 Å². The lowest BCUT2D eigenvalue weighted by molar-refractivity contribution is 0.182. The Balaban J connectivity index is 1.53. The van der Waals surface area contributed by atoms with Gasteiger partial charge in [-0.2, -0.15) is 0 Å². The highest BCUT2D eigenvalue weighted by atomic mass is 15.1. The normalized spacial score (nSPS) is 25.2. The van der Waals surface area contributed by atoms with Crippen LogP contribution in [-0.4, -0.2) is 37.6 Å². The van der Waals surface area contributed by atoms with E-state index in [-0.39, 0.29) is 0 Å². The molecule has 2 nitrogen and oxygen atoms in total. The molecule has 2 fully saturated rings. The van der Waals surface area contributed by atoms with Crippen LogP contribution in [0.4, 0.5) is 0 Å². The van der Waals surface area contributed by atoms with Crippen LogP contribution in [0.3, 0.4) is 0 Å². The third kappa shape index (κ3) is 4.59. The number of nitrogens with one attached hydrogen (secondary N) is 1. The van der Waals surface area contributed by atoms with Crippen LogP contribution in [0.5, 0.6) is 0 Å². The Labute approximate surface area is 107 Å². The second-order valence-corrected chi connectivity index (χ2v) is 6.00. The van der Waals surface area contributed by atoms with Gasteiger partial charge >= 0.3 is 0 Å². The van der Waals surface area contributed by atoms with Crippen LogP contribution < -0.4 is 5.32 Å². The minimum absolute atomic E-state index is 1.03. The van der Waals surface area contributed by atoms with E-state index in [4.69, 9.17) is 0 Å². The summed E-state index contributed by atoms with van der Waals surface area (Å²) in [4.78, 5) is 2.60. The van der Waals surface area contributed by atoms with Gasteiger partial charge < -0.3 is 10.2 Å². The maximum atomic E-state index is 3.46. The molecule has 2 aliphatic heterocycles. The van der Waals surface area contributed by atoms with Gasteiger partial charge in [-0.05, 0) is 70.2 Å². The van der Waals surface area contributed by atoms with Gasteiger partial charge in [0.15, 0.2) is 0 Å². The van der Waals surface area contributed by atoms with Crippen LogP contribution in [-0.2, 0) is 0 Å². The van der Waals surface area contributed by atoms with E-state index in [1.807, 2.05) is 0 Å². The van der Waals surface area contributed by atoms with Crippen molar-refractivity contribution in [3.8, 4) is 0 Å². The molecule has 1 N–H and O–H groups in total. The molecule has 2 rings (SSSR count). The topological polar surface area (TPSA) is 15.3 Å². The Morgan fingerprint density at radius 2 is 1.53 bits per heavy atom. The van der Waals surface area contributed by atoms with Gasteiger partial charge in [0, 0.05) is 0 Å². The van der Waals surface area contributed by atoms with Crippen LogP contribution in [0.15, 0.2) is 0 Å². The highest BCUT2D eigenvalue weighted by Gasteiger charge is 2.18. The summed E-state index contributed by atoms with van der Waals surface area (Å²) in [7, 11) is 0. The van der Waals surface area contributed by atoms with Crippen molar-refractivity contribution in [1.82, 2.24) is 10.2 Å². The van der Waals surface area contributed by atoms with Crippen LogP contribution in [0.25, 0.3) is 0 Å². The quantitative estimate of drug-likeness (QED) is 0.792. The Morgan fingerprint density at radius 1 is 0.941 bits per heavy atom. The lowest BCUT2D eigenvalue weighted by atomic mass is 9.87. The van der Waals surface area contributed by atoms with Crippen molar-refractivity contribution in [2.24, 2.45) is 11.8 Å². The number of likely N-dealkylation sites (tertiary alicyclic amines) is 1. The zero-order valence-electron chi connectivity index (χ0n) is 11.6. The van der Waals surface area contributed by atoms with E-state index in [0.29, 0.717) is 0 Å². The first-order valence-electron chi connectivity index (χ1n) is 7.81. The summed E-state index contributed by atoms with van der Waals surface area (Å²) in [5.74, 6) is 2.08. The molecule has 0 amide bonds. The molecule has 2 heterocycles. The second-order valence-electron chi connectivity index (χ2n) is 6.00. The molecule has 100 valence electrons. The fourth-order valence-corrected chi connectivity index (χ4v) is 3.46. The molecule has 0 aromatic rings. The molecule has 0 aromatic carbocycles. The van der Waals surface area contributed by atoms with Crippen LogP contribution in [0.1, 0.15) is 51.9 Å². The molecular weight excluding hydrogens is 208 g/mol. The Bertz CT molecular complexity index is 191. The van der Waals surface area contributed by atoms with E-state index in [2.05, 4.69) is 17.1 Å². The van der Waals surface area contributed by atoms with Crippen molar-refractivity contribution in [3.05, 3.63) is 0 Å². The monoisotopic (exact) mass is 238 g/mol. The molecule has 0 radical (unpaired) electrons. The molecule has 0 aromatic heterocycles. The highest BCUT2D eigenvalue weighted by molar-refractivity contribution is 4.73. The van der Waals surface area contributed by atoms with Gasteiger partial charge in [0.25, 0.3) is 0 Å². The fourth-order valence-electron chi connectivity index (χ4n) is 3.46. The average molecular weight is 238 g/mol. The number of hydrogen-bond acceptors (Lipinski definition) is 2. The number of piperidine rings is 2. The van der Waals surface area contributed by atoms with Crippen molar-refractivity contribution < 1.29 is 0 Å². The standard InChI is InChI=1S/C15H30N2/c1-2-17-12-8-15(9-13-17)5-3-4-14-6-10-16-11-7-14/h14-16H,2-13H2,1H3. The maximum Gasteiger partial charge on any atom is -0.00162 e. The molecule has 17 heavy (non-hydrogen) atoms. The van der Waals surface area contributed by atoms with Gasteiger partial charge in [0.1, 0.15) is 0 Å². The molecule has 0 bridgehead atoms. The van der Waals surface area contributed by atoms with Gasteiger partial charge in [-0.15, -0.1) is 0 Å². The van der Waals surface area contributed by atoms with Gasteiger partial charge in [0.05, 0.1) is 0 Å². The third-order valence-corrected chi connectivity index (χ3v) is 4.84. The van der Waals surface area contributed by atoms with E-state index in [1.165, 1.54) is 77.7 Å². The third-order valence-electron chi connectivity index (χ3n) is 4.84. The first kappa shape index (κ1) is 13.4. The molecular formula is C15H30N2. The minimum Gasteiger partial charge on any atom is -0.317 e. The second kappa shape index (κ2) is 7.38. The SMILES string of the molecule is CCN1CCC(CCCC2CCNCC2)CC1. The molecule has 2 saturated heterocycles. The summed E-state index contributed by atoms with van der Waals surface area (Å²) in [6.07, 6.45) is 10.3. The van der Waals surface area contributed by atoms with Crippen molar-refractivity contribution in [2.45, 2.75) is 51.9 Å². The number of hydrogen-bond donors (Lipinski definition) is 1. The molecule has 0 unspecified atom stereocenters. The first-order chi connectivity index (χ1) is 8.38. The predicted octanol–water partition coefficient (Wildman–Crippen LogP) is 2.89. The number of rotatable bonds is 5. The average Bonchev–Trinajstić information content (AvgIpc) is 2.41. The van der Waals surface area contributed by atoms with Gasteiger partial charge in [0.2, 0.25) is 0 Å². The lowest BCUT2D eigenvalue weighted by Crippen LogP contribution is -2.33. The smallest absolute Gasteiger partial charge is 0.00162 e. The van der Waals surface area contributed by atoms with Crippen molar-refractivity contribution >= 4 is 0 Å². The van der Waals surface area contributed by atoms with Crippen LogP contribution >= 0.6 is 0 Å². The minimum atomic E-state index is 1.03. The molecule has 2 heteroatoms. The van der Waals surface area contributed by atoms with Crippen LogP contribution in [0, 0.1) is 11.8 Å². The summed E-state index contributed by atoms with van der Waals surface area (Å²) < 4.78 is 0. The van der Waals surface area contributed by atoms with Crippen LogP contribution in [0.2, 0.25) is 0 Å². The first-order valence-corrected chi connectivity index (χ1v) is 7.81. The Morgan fingerprint density at radius 3 is 2.12 bits per heavy atom. The maximum absolute atomic E-state index is 3.46. The van der Waals surface area contributed by atoms with E-state index in [0.717, 1.165) is 11.8 Å². The van der Waals surface area contributed by atoms with E-state index >= 15 is 0 Å². The summed E-state index contributed by atoms with van der Waals surface area (Å²) >= 11 is 0. The highest BCUT2D eigenvalue weighted by Crippen LogP contribution is 2.25. The zero-order chi connectivity index (χ0) is 11.9. The predicted molar refractivity (Wildman–Crippen MR) is 74.3 cm³/mol. The van der Waals surface area contributed by atoms with E-state index < -0.39 is 0 Å². The van der Waals surface area contributed by atoms with Gasteiger partial charge in [-0.25, -0.2) is 0 Å².